The highest BCUT2D eigenvalue weighted by Gasteiger charge is 2.29. The molecule has 1 aromatic heterocycles. The average molecular weight is 212 g/mol. The SMILES string of the molecule is Cc1csc(N2CC(OC(C)C)C2)n1. The van der Waals surface area contributed by atoms with Gasteiger partial charge in [0.2, 0.25) is 0 Å². The third kappa shape index (κ3) is 2.07. The van der Waals surface area contributed by atoms with E-state index in [1.54, 1.807) is 11.3 Å². The van der Waals surface area contributed by atoms with Gasteiger partial charge in [0, 0.05) is 18.5 Å². The molecule has 0 aromatic carbocycles. The van der Waals surface area contributed by atoms with E-state index in [-0.39, 0.29) is 0 Å². The molecule has 3 nitrogen and oxygen atoms in total. The minimum absolute atomic E-state index is 0.334. The van der Waals surface area contributed by atoms with Crippen LogP contribution in [-0.4, -0.2) is 30.3 Å². The zero-order chi connectivity index (χ0) is 10.1. The number of ether oxygens (including phenoxy) is 1. The van der Waals surface area contributed by atoms with Crippen LogP contribution in [-0.2, 0) is 4.74 Å². The predicted molar refractivity (Wildman–Crippen MR) is 59.1 cm³/mol. The zero-order valence-electron chi connectivity index (χ0n) is 8.86. The van der Waals surface area contributed by atoms with Gasteiger partial charge in [0.05, 0.1) is 17.9 Å². The maximum absolute atomic E-state index is 5.68. The van der Waals surface area contributed by atoms with E-state index >= 15 is 0 Å². The number of anilines is 1. The molecule has 0 atom stereocenters. The molecule has 1 fully saturated rings. The summed E-state index contributed by atoms with van der Waals surface area (Å²) in [5.41, 5.74) is 1.11. The van der Waals surface area contributed by atoms with Crippen LogP contribution in [0.3, 0.4) is 0 Å². The summed E-state index contributed by atoms with van der Waals surface area (Å²) in [5, 5.41) is 3.22. The Morgan fingerprint density at radius 3 is 2.79 bits per heavy atom. The van der Waals surface area contributed by atoms with Gasteiger partial charge in [-0.2, -0.15) is 0 Å². The molecule has 0 spiro atoms. The van der Waals surface area contributed by atoms with Crippen molar-refractivity contribution >= 4 is 16.5 Å². The summed E-state index contributed by atoms with van der Waals surface area (Å²) >= 11 is 1.71. The smallest absolute Gasteiger partial charge is 0.185 e. The third-order valence-corrected chi connectivity index (χ3v) is 3.21. The number of thiazole rings is 1. The molecular formula is C10H16N2OS. The average Bonchev–Trinajstić information content (AvgIpc) is 2.42. The topological polar surface area (TPSA) is 25.4 Å². The molecule has 4 heteroatoms. The molecule has 0 saturated carbocycles. The Labute approximate surface area is 88.7 Å². The summed E-state index contributed by atoms with van der Waals surface area (Å²) in [6.45, 7) is 8.17. The van der Waals surface area contributed by atoms with E-state index in [0.717, 1.165) is 23.9 Å². The van der Waals surface area contributed by atoms with Crippen molar-refractivity contribution in [3.8, 4) is 0 Å². The fourth-order valence-corrected chi connectivity index (χ4v) is 2.38. The van der Waals surface area contributed by atoms with E-state index in [2.05, 4.69) is 29.1 Å². The van der Waals surface area contributed by atoms with E-state index in [1.165, 1.54) is 0 Å². The Morgan fingerprint density at radius 1 is 1.57 bits per heavy atom. The standard InChI is InChI=1S/C10H16N2OS/c1-7(2)13-9-4-12(5-9)10-11-8(3)6-14-10/h6-7,9H,4-5H2,1-3H3. The first kappa shape index (κ1) is 9.93. The van der Waals surface area contributed by atoms with E-state index < -0.39 is 0 Å². The highest BCUT2D eigenvalue weighted by Crippen LogP contribution is 2.26. The lowest BCUT2D eigenvalue weighted by Gasteiger charge is -2.39. The number of hydrogen-bond donors (Lipinski definition) is 0. The van der Waals surface area contributed by atoms with Crippen LogP contribution in [0.2, 0.25) is 0 Å². The van der Waals surface area contributed by atoms with Gasteiger partial charge in [0.25, 0.3) is 0 Å². The first-order valence-electron chi connectivity index (χ1n) is 4.97. The molecule has 0 radical (unpaired) electrons. The molecule has 1 aliphatic rings. The molecule has 1 aliphatic heterocycles. The molecule has 0 unspecified atom stereocenters. The van der Waals surface area contributed by atoms with Gasteiger partial charge in [0.1, 0.15) is 0 Å². The number of aromatic nitrogens is 1. The van der Waals surface area contributed by atoms with Crippen LogP contribution in [0.25, 0.3) is 0 Å². The summed E-state index contributed by atoms with van der Waals surface area (Å²) in [6.07, 6.45) is 0.736. The van der Waals surface area contributed by atoms with Crippen molar-refractivity contribution < 1.29 is 4.74 Å². The fourth-order valence-electron chi connectivity index (χ4n) is 1.55. The van der Waals surface area contributed by atoms with Crippen LogP contribution >= 0.6 is 11.3 Å². The van der Waals surface area contributed by atoms with E-state index in [4.69, 9.17) is 4.74 Å². The number of hydrogen-bond acceptors (Lipinski definition) is 4. The van der Waals surface area contributed by atoms with Crippen molar-refractivity contribution in [3.05, 3.63) is 11.1 Å². The molecule has 2 heterocycles. The van der Waals surface area contributed by atoms with Gasteiger partial charge in [-0.25, -0.2) is 4.98 Å². The van der Waals surface area contributed by atoms with Crippen molar-refractivity contribution in [2.45, 2.75) is 33.0 Å². The zero-order valence-corrected chi connectivity index (χ0v) is 9.67. The summed E-state index contributed by atoms with van der Waals surface area (Å²) in [4.78, 5) is 6.70. The van der Waals surface area contributed by atoms with Crippen molar-refractivity contribution in [2.24, 2.45) is 0 Å². The second-order valence-electron chi connectivity index (χ2n) is 3.98. The molecule has 1 aromatic rings. The van der Waals surface area contributed by atoms with Gasteiger partial charge < -0.3 is 9.64 Å². The predicted octanol–water partition coefficient (Wildman–Crippen LogP) is 2.07. The highest BCUT2D eigenvalue weighted by atomic mass is 32.1. The fraction of sp³-hybridized carbons (Fsp3) is 0.700. The Hall–Kier alpha value is -0.610. The minimum atomic E-state index is 0.334. The van der Waals surface area contributed by atoms with Crippen molar-refractivity contribution in [1.82, 2.24) is 4.98 Å². The Kier molecular flexibility index (Phi) is 2.74. The van der Waals surface area contributed by atoms with Crippen LogP contribution in [0.1, 0.15) is 19.5 Å². The summed E-state index contributed by atoms with van der Waals surface area (Å²) in [6, 6.07) is 0. The summed E-state index contributed by atoms with van der Waals surface area (Å²) in [7, 11) is 0. The molecule has 1 saturated heterocycles. The highest BCUT2D eigenvalue weighted by molar-refractivity contribution is 7.13. The van der Waals surface area contributed by atoms with Crippen LogP contribution in [0.5, 0.6) is 0 Å². The first-order valence-corrected chi connectivity index (χ1v) is 5.85. The molecule has 0 bridgehead atoms. The monoisotopic (exact) mass is 212 g/mol. The lowest BCUT2D eigenvalue weighted by atomic mass is 10.2. The van der Waals surface area contributed by atoms with E-state index in [9.17, 15) is 0 Å². The molecule has 0 N–H and O–H groups in total. The summed E-state index contributed by atoms with van der Waals surface area (Å²) in [5.74, 6) is 0. The van der Waals surface area contributed by atoms with E-state index in [1.807, 2.05) is 6.92 Å². The van der Waals surface area contributed by atoms with Crippen molar-refractivity contribution in [1.29, 1.82) is 0 Å². The number of nitrogens with zero attached hydrogens (tertiary/aromatic N) is 2. The van der Waals surface area contributed by atoms with Gasteiger partial charge in [0.15, 0.2) is 5.13 Å². The Morgan fingerprint density at radius 2 is 2.29 bits per heavy atom. The largest absolute Gasteiger partial charge is 0.372 e. The minimum Gasteiger partial charge on any atom is -0.372 e. The van der Waals surface area contributed by atoms with Crippen LogP contribution in [0.15, 0.2) is 5.38 Å². The van der Waals surface area contributed by atoms with E-state index in [0.29, 0.717) is 12.2 Å². The quantitative estimate of drug-likeness (QED) is 0.767. The van der Waals surface area contributed by atoms with Gasteiger partial charge in [-0.3, -0.25) is 0 Å². The molecule has 0 amide bonds. The Bertz CT molecular complexity index is 305. The lowest BCUT2D eigenvalue weighted by Crippen LogP contribution is -2.53. The molecule has 78 valence electrons. The molecule has 0 aliphatic carbocycles. The second kappa shape index (κ2) is 3.87. The van der Waals surface area contributed by atoms with Gasteiger partial charge in [-0.05, 0) is 20.8 Å². The van der Waals surface area contributed by atoms with Gasteiger partial charge >= 0.3 is 0 Å². The van der Waals surface area contributed by atoms with Crippen LogP contribution < -0.4 is 4.90 Å². The number of aryl methyl sites for hydroxylation is 1. The second-order valence-corrected chi connectivity index (χ2v) is 4.82. The van der Waals surface area contributed by atoms with Gasteiger partial charge in [-0.1, -0.05) is 0 Å². The van der Waals surface area contributed by atoms with Crippen LogP contribution in [0, 0.1) is 6.92 Å². The van der Waals surface area contributed by atoms with Gasteiger partial charge in [-0.15, -0.1) is 11.3 Å². The normalized spacial score (nSPS) is 17.6. The Balaban J connectivity index is 1.83. The molecule has 2 rings (SSSR count). The maximum atomic E-state index is 5.68. The maximum Gasteiger partial charge on any atom is 0.185 e. The number of rotatable bonds is 3. The van der Waals surface area contributed by atoms with Crippen molar-refractivity contribution in [3.63, 3.8) is 0 Å². The molecule has 14 heavy (non-hydrogen) atoms. The first-order chi connectivity index (χ1) is 6.65. The van der Waals surface area contributed by atoms with Crippen molar-refractivity contribution in [2.75, 3.05) is 18.0 Å². The molecular weight excluding hydrogens is 196 g/mol. The summed E-state index contributed by atoms with van der Waals surface area (Å²) < 4.78 is 5.68. The third-order valence-electron chi connectivity index (χ3n) is 2.19. The lowest BCUT2D eigenvalue weighted by molar-refractivity contribution is -0.00720. The van der Waals surface area contributed by atoms with Crippen LogP contribution in [0.4, 0.5) is 5.13 Å².